The first-order valence-corrected chi connectivity index (χ1v) is 10.7. The molecule has 14 heteroatoms. The Morgan fingerprint density at radius 2 is 1.55 bits per heavy atom. The van der Waals surface area contributed by atoms with Crippen LogP contribution in [0.5, 0.6) is 5.75 Å². The van der Waals surface area contributed by atoms with Gasteiger partial charge in [0.2, 0.25) is 0 Å². The van der Waals surface area contributed by atoms with Gasteiger partial charge in [-0.05, 0) is 35.7 Å². The molecule has 3 aromatic carbocycles. The SMILES string of the molecule is Nc1ccc(C(=O)Nc2cccc3cc(S(=O)(=O)O)cc(O)c23)c(S(=O)(=O)O)c1.[NaH].[NaH]. The molecule has 1 amide bonds. The van der Waals surface area contributed by atoms with Crippen LogP contribution in [0.15, 0.2) is 58.3 Å². The number of rotatable bonds is 4. The number of benzene rings is 3. The quantitative estimate of drug-likeness (QED) is 0.200. The molecule has 0 heterocycles. The average Bonchev–Trinajstić information content (AvgIpc) is 2.59. The van der Waals surface area contributed by atoms with E-state index in [9.17, 15) is 31.3 Å². The zero-order chi connectivity index (χ0) is 21.6. The normalized spacial score (nSPS) is 11.3. The van der Waals surface area contributed by atoms with Crippen molar-refractivity contribution >= 4 is 107 Å². The van der Waals surface area contributed by atoms with Crippen LogP contribution in [0.4, 0.5) is 11.4 Å². The Bertz CT molecular complexity index is 1380. The number of nitrogen functional groups attached to an aromatic ring is 1. The van der Waals surface area contributed by atoms with Crippen molar-refractivity contribution < 1.29 is 35.8 Å². The van der Waals surface area contributed by atoms with Gasteiger partial charge >= 0.3 is 59.1 Å². The van der Waals surface area contributed by atoms with Gasteiger partial charge in [0.1, 0.15) is 10.6 Å². The number of carbonyl (C=O) groups is 1. The molecule has 0 aliphatic carbocycles. The third kappa shape index (κ3) is 6.20. The molecule has 3 aromatic rings. The van der Waals surface area contributed by atoms with Gasteiger partial charge in [0.15, 0.2) is 0 Å². The third-order valence-corrected chi connectivity index (χ3v) is 5.73. The predicted octanol–water partition coefficient (Wildman–Crippen LogP) is 0.576. The molecule has 3 rings (SSSR count). The van der Waals surface area contributed by atoms with Crippen molar-refractivity contribution in [2.24, 2.45) is 0 Å². The van der Waals surface area contributed by atoms with Gasteiger partial charge < -0.3 is 16.2 Å². The van der Waals surface area contributed by atoms with Crippen LogP contribution in [0.3, 0.4) is 0 Å². The van der Waals surface area contributed by atoms with Crippen LogP contribution in [0.25, 0.3) is 10.8 Å². The molecule has 0 bridgehead atoms. The van der Waals surface area contributed by atoms with E-state index in [2.05, 4.69) is 5.32 Å². The summed E-state index contributed by atoms with van der Waals surface area (Å²) in [5, 5.41) is 12.9. The molecule has 6 N–H and O–H groups in total. The summed E-state index contributed by atoms with van der Waals surface area (Å²) in [5.41, 5.74) is 5.16. The number of phenols is 1. The first kappa shape index (κ1) is 27.8. The zero-order valence-electron chi connectivity index (χ0n) is 14.4. The zero-order valence-corrected chi connectivity index (χ0v) is 16.0. The Labute approximate surface area is 221 Å². The molecule has 0 aliphatic heterocycles. The second kappa shape index (κ2) is 10.2. The maximum atomic E-state index is 12.6. The van der Waals surface area contributed by atoms with Gasteiger partial charge in [-0.15, -0.1) is 0 Å². The van der Waals surface area contributed by atoms with Crippen molar-refractivity contribution in [2.45, 2.75) is 9.79 Å². The Balaban J connectivity index is 0.00000240. The van der Waals surface area contributed by atoms with E-state index >= 15 is 0 Å². The number of hydrogen-bond acceptors (Lipinski definition) is 7. The molecule has 0 saturated carbocycles. The first-order chi connectivity index (χ1) is 13.4. The molecule has 10 nitrogen and oxygen atoms in total. The summed E-state index contributed by atoms with van der Waals surface area (Å²) < 4.78 is 64.3. The molecule has 31 heavy (non-hydrogen) atoms. The molecular weight excluding hydrogens is 470 g/mol. The summed E-state index contributed by atoms with van der Waals surface area (Å²) in [6.07, 6.45) is 0. The predicted molar refractivity (Wildman–Crippen MR) is 118 cm³/mol. The number of hydrogen-bond donors (Lipinski definition) is 5. The molecule has 0 atom stereocenters. The van der Waals surface area contributed by atoms with Crippen LogP contribution >= 0.6 is 0 Å². The summed E-state index contributed by atoms with van der Waals surface area (Å²) in [6, 6.07) is 9.45. The minimum absolute atomic E-state index is 0. The van der Waals surface area contributed by atoms with Crippen molar-refractivity contribution in [3.8, 4) is 5.75 Å². The van der Waals surface area contributed by atoms with Crippen molar-refractivity contribution in [1.82, 2.24) is 0 Å². The molecule has 0 aliphatic rings. The number of anilines is 2. The summed E-state index contributed by atoms with van der Waals surface area (Å²) in [6.45, 7) is 0. The van der Waals surface area contributed by atoms with Crippen molar-refractivity contribution in [3.05, 3.63) is 54.1 Å². The van der Waals surface area contributed by atoms with Crippen molar-refractivity contribution in [3.63, 3.8) is 0 Å². The van der Waals surface area contributed by atoms with Crippen LogP contribution in [0.2, 0.25) is 0 Å². The fraction of sp³-hybridized carbons (Fsp3) is 0. The standard InChI is InChI=1S/C17H14N2O8S2.2Na.2H/c18-10-4-5-12(15(7-10)29(25,26)27)17(21)19-13-3-1-2-9-6-11(28(22,23)24)8-14(20)16(9)13;;;;/h1-8,20H,18H2,(H,19,21)(H,22,23,24)(H,25,26,27);;;;. The molecule has 0 radical (unpaired) electrons. The van der Waals surface area contributed by atoms with Gasteiger partial charge in [0.05, 0.1) is 16.1 Å². The number of amides is 1. The number of phenolic OH excluding ortho intramolecular Hbond substituents is 1. The molecule has 0 fully saturated rings. The second-order valence-electron chi connectivity index (χ2n) is 6.01. The van der Waals surface area contributed by atoms with E-state index < -0.39 is 47.2 Å². The van der Waals surface area contributed by atoms with Crippen molar-refractivity contribution in [1.29, 1.82) is 0 Å². The Morgan fingerprint density at radius 1 is 0.903 bits per heavy atom. The summed E-state index contributed by atoms with van der Waals surface area (Å²) >= 11 is 0. The van der Waals surface area contributed by atoms with Crippen LogP contribution in [-0.4, -0.2) is 96.1 Å². The second-order valence-corrected chi connectivity index (χ2v) is 8.82. The average molecular weight is 486 g/mol. The first-order valence-electron chi connectivity index (χ1n) is 7.79. The molecule has 0 spiro atoms. The topological polar surface area (TPSA) is 184 Å². The number of aromatic hydroxyl groups is 1. The summed E-state index contributed by atoms with van der Waals surface area (Å²) in [4.78, 5) is 11.4. The number of nitrogens with two attached hydrogens (primary N) is 1. The number of carbonyl (C=O) groups excluding carboxylic acids is 1. The van der Waals surface area contributed by atoms with Gasteiger partial charge in [-0.1, -0.05) is 12.1 Å². The molecule has 0 aromatic heterocycles. The van der Waals surface area contributed by atoms with E-state index in [1.165, 1.54) is 24.3 Å². The Morgan fingerprint density at radius 3 is 2.13 bits per heavy atom. The summed E-state index contributed by atoms with van der Waals surface area (Å²) in [7, 11) is -9.33. The van der Waals surface area contributed by atoms with E-state index in [0.29, 0.717) is 0 Å². The van der Waals surface area contributed by atoms with Gasteiger partial charge in [-0.2, -0.15) is 16.8 Å². The van der Waals surface area contributed by atoms with Crippen LogP contribution in [-0.2, 0) is 20.2 Å². The number of nitrogens with one attached hydrogen (secondary N) is 1. The summed E-state index contributed by atoms with van der Waals surface area (Å²) in [5.74, 6) is -1.47. The Kier molecular flexibility index (Phi) is 9.13. The molecule has 0 saturated heterocycles. The van der Waals surface area contributed by atoms with Gasteiger partial charge in [0, 0.05) is 17.1 Å². The van der Waals surface area contributed by atoms with Crippen LogP contribution in [0.1, 0.15) is 10.4 Å². The van der Waals surface area contributed by atoms with Gasteiger partial charge in [0.25, 0.3) is 26.1 Å². The van der Waals surface area contributed by atoms with Gasteiger partial charge in [-0.25, -0.2) is 0 Å². The van der Waals surface area contributed by atoms with Crippen molar-refractivity contribution in [2.75, 3.05) is 11.1 Å². The fourth-order valence-corrected chi connectivity index (χ4v) is 4.02. The minimum atomic E-state index is -4.75. The van der Waals surface area contributed by atoms with Crippen LogP contribution < -0.4 is 11.1 Å². The van der Waals surface area contributed by atoms with E-state index in [-0.39, 0.29) is 81.3 Å². The van der Waals surface area contributed by atoms with Gasteiger partial charge in [-0.3, -0.25) is 13.9 Å². The van der Waals surface area contributed by atoms with E-state index in [1.807, 2.05) is 0 Å². The molecular formula is C17H16N2Na2O8S2. The monoisotopic (exact) mass is 486 g/mol. The van der Waals surface area contributed by atoms with E-state index in [1.54, 1.807) is 0 Å². The number of fused-ring (bicyclic) bond motifs is 1. The Hall–Kier alpha value is -1.19. The van der Waals surface area contributed by atoms with E-state index in [0.717, 1.165) is 24.3 Å². The molecule has 0 unspecified atom stereocenters. The van der Waals surface area contributed by atoms with Crippen LogP contribution in [0, 0.1) is 0 Å². The van der Waals surface area contributed by atoms with E-state index in [4.69, 9.17) is 10.3 Å². The third-order valence-electron chi connectivity index (χ3n) is 4.00. The fourth-order valence-electron chi connectivity index (χ4n) is 2.76. The maximum absolute atomic E-state index is 12.6. The molecule has 156 valence electrons.